The highest BCUT2D eigenvalue weighted by Crippen LogP contribution is 2.33. The van der Waals surface area contributed by atoms with Crippen LogP contribution in [-0.4, -0.2) is 66.0 Å². The van der Waals surface area contributed by atoms with E-state index >= 15 is 0 Å². The van der Waals surface area contributed by atoms with Crippen LogP contribution >= 0.6 is 11.6 Å². The Morgan fingerprint density at radius 2 is 1.74 bits per heavy atom. The summed E-state index contributed by atoms with van der Waals surface area (Å²) in [6, 6.07) is 0.362. The van der Waals surface area contributed by atoms with E-state index in [1.807, 2.05) is 0 Å². The van der Waals surface area contributed by atoms with Gasteiger partial charge in [-0.2, -0.15) is 15.0 Å². The number of hydrogen-bond donors (Lipinski definition) is 0. The Morgan fingerprint density at radius 3 is 2.52 bits per heavy atom. The number of anilines is 2. The van der Waals surface area contributed by atoms with Crippen LogP contribution in [0.3, 0.4) is 0 Å². The second-order valence-electron chi connectivity index (χ2n) is 7.01. The van der Waals surface area contributed by atoms with Crippen LogP contribution in [-0.2, 0) is 9.47 Å². The molecule has 4 fully saturated rings. The summed E-state index contributed by atoms with van der Waals surface area (Å²) >= 11 is 6.20. The molecule has 5 heterocycles. The molecular weight excluding hydrogens is 318 g/mol. The van der Waals surface area contributed by atoms with Crippen LogP contribution < -0.4 is 9.80 Å². The van der Waals surface area contributed by atoms with Crippen LogP contribution in [0.25, 0.3) is 0 Å². The number of rotatable bonds is 2. The van der Waals surface area contributed by atoms with Crippen molar-refractivity contribution in [2.75, 3.05) is 42.6 Å². The highest BCUT2D eigenvalue weighted by molar-refractivity contribution is 6.28. The molecule has 23 heavy (non-hydrogen) atoms. The number of hydrogen-bond acceptors (Lipinski definition) is 7. The molecule has 124 valence electrons. The predicted octanol–water partition coefficient (Wildman–Crippen LogP) is 1.12. The molecule has 0 radical (unpaired) electrons. The molecule has 0 aliphatic carbocycles. The Bertz CT molecular complexity index is 606. The van der Waals surface area contributed by atoms with Gasteiger partial charge in [0.15, 0.2) is 0 Å². The lowest BCUT2D eigenvalue weighted by Gasteiger charge is -2.32. The van der Waals surface area contributed by atoms with Gasteiger partial charge < -0.3 is 19.3 Å². The van der Waals surface area contributed by atoms with Crippen LogP contribution in [0.1, 0.15) is 19.3 Å². The molecule has 0 amide bonds. The minimum atomic E-state index is 0.270. The van der Waals surface area contributed by atoms with Gasteiger partial charge in [-0.25, -0.2) is 0 Å². The average Bonchev–Trinajstić information content (AvgIpc) is 3.04. The van der Waals surface area contributed by atoms with Crippen molar-refractivity contribution in [3.8, 4) is 0 Å². The van der Waals surface area contributed by atoms with Crippen molar-refractivity contribution in [2.24, 2.45) is 5.92 Å². The maximum Gasteiger partial charge on any atom is 0.231 e. The second kappa shape index (κ2) is 5.43. The van der Waals surface area contributed by atoms with Gasteiger partial charge in [0.25, 0.3) is 0 Å². The average molecular weight is 338 g/mol. The molecule has 8 heteroatoms. The van der Waals surface area contributed by atoms with Gasteiger partial charge in [0, 0.05) is 25.6 Å². The van der Waals surface area contributed by atoms with Crippen molar-refractivity contribution in [2.45, 2.75) is 37.5 Å². The smallest absolute Gasteiger partial charge is 0.231 e. The molecule has 1 aromatic heterocycles. The first-order valence-electron chi connectivity index (χ1n) is 8.41. The number of nitrogens with zero attached hydrogens (tertiary/aromatic N) is 5. The first kappa shape index (κ1) is 14.2. The second-order valence-corrected chi connectivity index (χ2v) is 7.35. The molecule has 1 aromatic rings. The summed E-state index contributed by atoms with van der Waals surface area (Å²) in [5.74, 6) is 1.95. The van der Waals surface area contributed by atoms with E-state index in [0.29, 0.717) is 36.1 Å². The third kappa shape index (κ3) is 2.55. The van der Waals surface area contributed by atoms with Crippen molar-refractivity contribution in [3.63, 3.8) is 0 Å². The number of aromatic nitrogens is 3. The standard InChI is InChI=1S/C15H20ClN5O2/c16-13-17-14(20-5-11-1-2-12(6-20)23-11)19-15(18-13)21-4-9-3-10(21)8-22-7-9/h9-12H,1-8H2. The van der Waals surface area contributed by atoms with Crippen molar-refractivity contribution >= 4 is 23.5 Å². The molecule has 4 atom stereocenters. The van der Waals surface area contributed by atoms with E-state index in [1.165, 1.54) is 0 Å². The summed E-state index contributed by atoms with van der Waals surface area (Å²) in [4.78, 5) is 17.9. The van der Waals surface area contributed by atoms with E-state index in [-0.39, 0.29) is 5.28 Å². The summed E-state index contributed by atoms with van der Waals surface area (Å²) in [5, 5.41) is 0.270. The van der Waals surface area contributed by atoms with E-state index in [4.69, 9.17) is 26.1 Å². The van der Waals surface area contributed by atoms with Gasteiger partial charge in [0.05, 0.1) is 31.5 Å². The SMILES string of the molecule is Clc1nc(N2CC3CCC(C2)O3)nc(N2CC3COCC2C3)n1. The summed E-state index contributed by atoms with van der Waals surface area (Å²) in [6.07, 6.45) is 4.00. The Labute approximate surface area is 139 Å². The first-order chi connectivity index (χ1) is 11.2. The summed E-state index contributed by atoms with van der Waals surface area (Å²) < 4.78 is 11.5. The minimum Gasteiger partial charge on any atom is -0.379 e. The fourth-order valence-electron chi connectivity index (χ4n) is 4.29. The molecule has 0 aromatic carbocycles. The Morgan fingerprint density at radius 1 is 0.957 bits per heavy atom. The van der Waals surface area contributed by atoms with Crippen LogP contribution in [0.15, 0.2) is 0 Å². The van der Waals surface area contributed by atoms with Crippen molar-refractivity contribution in [3.05, 3.63) is 5.28 Å². The zero-order valence-corrected chi connectivity index (χ0v) is 13.7. The van der Waals surface area contributed by atoms with E-state index < -0.39 is 0 Å². The van der Waals surface area contributed by atoms with Gasteiger partial charge in [-0.1, -0.05) is 0 Å². The molecule has 4 bridgehead atoms. The normalized spacial score (nSPS) is 35.9. The van der Waals surface area contributed by atoms with E-state index in [2.05, 4.69) is 19.8 Å². The van der Waals surface area contributed by atoms with Gasteiger partial charge in [-0.05, 0) is 30.9 Å². The van der Waals surface area contributed by atoms with E-state index in [9.17, 15) is 0 Å². The minimum absolute atomic E-state index is 0.270. The molecule has 0 N–H and O–H groups in total. The van der Waals surface area contributed by atoms with Gasteiger partial charge in [-0.15, -0.1) is 0 Å². The Hall–Kier alpha value is -1.18. The molecule has 4 unspecified atom stereocenters. The lowest BCUT2D eigenvalue weighted by atomic mass is 10.1. The third-order valence-electron chi connectivity index (χ3n) is 5.33. The molecule has 0 saturated carbocycles. The summed E-state index contributed by atoms with van der Waals surface area (Å²) in [6.45, 7) is 4.21. The fourth-order valence-corrected chi connectivity index (χ4v) is 4.44. The molecule has 4 saturated heterocycles. The zero-order chi connectivity index (χ0) is 15.4. The molecule has 4 aliphatic rings. The van der Waals surface area contributed by atoms with Crippen molar-refractivity contribution in [1.29, 1.82) is 0 Å². The van der Waals surface area contributed by atoms with E-state index in [0.717, 1.165) is 52.1 Å². The monoisotopic (exact) mass is 337 g/mol. The molecule has 0 spiro atoms. The summed E-state index contributed by atoms with van der Waals surface area (Å²) in [5.41, 5.74) is 0. The predicted molar refractivity (Wildman–Crippen MR) is 85.0 cm³/mol. The molecular formula is C15H20ClN5O2. The highest BCUT2D eigenvalue weighted by Gasteiger charge is 2.39. The number of halogens is 1. The van der Waals surface area contributed by atoms with Crippen LogP contribution in [0.4, 0.5) is 11.9 Å². The molecule has 5 rings (SSSR count). The van der Waals surface area contributed by atoms with Crippen molar-refractivity contribution in [1.82, 2.24) is 15.0 Å². The van der Waals surface area contributed by atoms with Crippen LogP contribution in [0, 0.1) is 5.92 Å². The first-order valence-corrected chi connectivity index (χ1v) is 8.79. The maximum absolute atomic E-state index is 6.20. The van der Waals surface area contributed by atoms with Crippen molar-refractivity contribution < 1.29 is 9.47 Å². The van der Waals surface area contributed by atoms with Crippen LogP contribution in [0.5, 0.6) is 0 Å². The molecule has 4 aliphatic heterocycles. The highest BCUT2D eigenvalue weighted by atomic mass is 35.5. The molecule has 7 nitrogen and oxygen atoms in total. The van der Waals surface area contributed by atoms with Gasteiger partial charge in [0.1, 0.15) is 0 Å². The number of fused-ring (bicyclic) bond motifs is 4. The van der Waals surface area contributed by atoms with Gasteiger partial charge >= 0.3 is 0 Å². The van der Waals surface area contributed by atoms with E-state index in [1.54, 1.807) is 0 Å². The zero-order valence-electron chi connectivity index (χ0n) is 12.9. The van der Waals surface area contributed by atoms with Gasteiger partial charge in [0.2, 0.25) is 17.2 Å². The quantitative estimate of drug-likeness (QED) is 0.801. The number of ether oxygens (including phenoxy) is 2. The lowest BCUT2D eigenvalue weighted by Crippen LogP contribution is -2.44. The largest absolute Gasteiger partial charge is 0.379 e. The van der Waals surface area contributed by atoms with Gasteiger partial charge in [-0.3, -0.25) is 0 Å². The summed E-state index contributed by atoms with van der Waals surface area (Å²) in [7, 11) is 0. The fraction of sp³-hybridized carbons (Fsp3) is 0.800. The van der Waals surface area contributed by atoms with Crippen LogP contribution in [0.2, 0.25) is 5.28 Å². The topological polar surface area (TPSA) is 63.6 Å². The Kier molecular flexibility index (Phi) is 3.35. The lowest BCUT2D eigenvalue weighted by molar-refractivity contribution is 0.0299. The maximum atomic E-state index is 6.20. The number of morpholine rings is 1. The Balaban J connectivity index is 1.43. The third-order valence-corrected chi connectivity index (χ3v) is 5.50.